The normalized spacial score (nSPS) is 11.6. The average Bonchev–Trinajstić information content (AvgIpc) is 2.60. The Balaban J connectivity index is 1.83. The van der Waals surface area contributed by atoms with E-state index in [0.29, 0.717) is 12.3 Å². The van der Waals surface area contributed by atoms with Crippen molar-refractivity contribution >= 4 is 17.7 Å². The van der Waals surface area contributed by atoms with Crippen LogP contribution in [-0.4, -0.2) is 25.4 Å². The van der Waals surface area contributed by atoms with E-state index in [9.17, 15) is 4.79 Å². The molecule has 0 aliphatic heterocycles. The van der Waals surface area contributed by atoms with Gasteiger partial charge in [0.25, 0.3) is 5.91 Å². The van der Waals surface area contributed by atoms with Gasteiger partial charge in [-0.15, -0.1) is 11.8 Å². The SMILES string of the molecule is COc1ccc(CNC(=O)C(C)Oc2ccc(SC)cc2)cc1. The van der Waals surface area contributed by atoms with Gasteiger partial charge in [0.05, 0.1) is 7.11 Å². The Morgan fingerprint density at radius 3 is 2.26 bits per heavy atom. The fourth-order valence-electron chi connectivity index (χ4n) is 1.99. The molecule has 0 spiro atoms. The Morgan fingerprint density at radius 1 is 1.09 bits per heavy atom. The van der Waals surface area contributed by atoms with E-state index in [0.717, 1.165) is 16.2 Å². The van der Waals surface area contributed by atoms with Crippen molar-refractivity contribution < 1.29 is 14.3 Å². The number of rotatable bonds is 7. The minimum absolute atomic E-state index is 0.144. The predicted octanol–water partition coefficient (Wildman–Crippen LogP) is 3.50. The van der Waals surface area contributed by atoms with Crippen molar-refractivity contribution in [2.45, 2.75) is 24.5 Å². The molecule has 0 aromatic heterocycles. The molecule has 2 rings (SSSR count). The lowest BCUT2D eigenvalue weighted by Gasteiger charge is -2.15. The minimum Gasteiger partial charge on any atom is -0.497 e. The molecule has 122 valence electrons. The first-order chi connectivity index (χ1) is 11.1. The fourth-order valence-corrected chi connectivity index (χ4v) is 2.40. The van der Waals surface area contributed by atoms with Crippen LogP contribution >= 0.6 is 11.8 Å². The quantitative estimate of drug-likeness (QED) is 0.789. The highest BCUT2D eigenvalue weighted by atomic mass is 32.2. The first-order valence-corrected chi connectivity index (χ1v) is 8.56. The molecule has 0 saturated carbocycles. The van der Waals surface area contributed by atoms with Gasteiger partial charge in [-0.3, -0.25) is 4.79 Å². The molecule has 0 bridgehead atoms. The van der Waals surface area contributed by atoms with E-state index in [1.54, 1.807) is 25.8 Å². The molecule has 1 atom stereocenters. The van der Waals surface area contributed by atoms with Gasteiger partial charge in [-0.1, -0.05) is 12.1 Å². The fraction of sp³-hybridized carbons (Fsp3) is 0.278. The molecule has 23 heavy (non-hydrogen) atoms. The van der Waals surface area contributed by atoms with E-state index in [-0.39, 0.29) is 5.91 Å². The van der Waals surface area contributed by atoms with Crippen molar-refractivity contribution in [1.29, 1.82) is 0 Å². The van der Waals surface area contributed by atoms with Crippen LogP contribution in [-0.2, 0) is 11.3 Å². The summed E-state index contributed by atoms with van der Waals surface area (Å²) in [5, 5.41) is 2.87. The number of nitrogens with one attached hydrogen (secondary N) is 1. The third kappa shape index (κ3) is 5.21. The van der Waals surface area contributed by atoms with Crippen molar-refractivity contribution in [1.82, 2.24) is 5.32 Å². The standard InChI is InChI=1S/C18H21NO3S/c1-13(22-16-8-10-17(23-3)11-9-16)18(20)19-12-14-4-6-15(21-2)7-5-14/h4-11,13H,12H2,1-3H3,(H,19,20). The molecular weight excluding hydrogens is 310 g/mol. The van der Waals surface area contributed by atoms with Crippen LogP contribution in [0, 0.1) is 0 Å². The lowest BCUT2D eigenvalue weighted by molar-refractivity contribution is -0.127. The largest absolute Gasteiger partial charge is 0.497 e. The highest BCUT2D eigenvalue weighted by Gasteiger charge is 2.14. The molecule has 1 amide bonds. The lowest BCUT2D eigenvalue weighted by atomic mass is 10.2. The van der Waals surface area contributed by atoms with Crippen LogP contribution in [0.5, 0.6) is 11.5 Å². The monoisotopic (exact) mass is 331 g/mol. The van der Waals surface area contributed by atoms with Gasteiger partial charge >= 0.3 is 0 Å². The summed E-state index contributed by atoms with van der Waals surface area (Å²) in [6, 6.07) is 15.3. The number of thioether (sulfide) groups is 1. The molecule has 2 aromatic carbocycles. The lowest BCUT2D eigenvalue weighted by Crippen LogP contribution is -2.35. The van der Waals surface area contributed by atoms with Gasteiger partial charge in [0.1, 0.15) is 11.5 Å². The van der Waals surface area contributed by atoms with E-state index >= 15 is 0 Å². The smallest absolute Gasteiger partial charge is 0.261 e. The van der Waals surface area contributed by atoms with Gasteiger partial charge in [-0.25, -0.2) is 0 Å². The zero-order chi connectivity index (χ0) is 16.7. The number of carbonyl (C=O) groups is 1. The molecule has 1 N–H and O–H groups in total. The second-order valence-electron chi connectivity index (χ2n) is 5.00. The van der Waals surface area contributed by atoms with E-state index in [2.05, 4.69) is 5.32 Å². The van der Waals surface area contributed by atoms with Crippen LogP contribution in [0.25, 0.3) is 0 Å². The summed E-state index contributed by atoms with van der Waals surface area (Å²) in [4.78, 5) is 13.3. The van der Waals surface area contributed by atoms with Crippen LogP contribution in [0.4, 0.5) is 0 Å². The zero-order valence-corrected chi connectivity index (χ0v) is 14.4. The molecule has 0 aliphatic carbocycles. The van der Waals surface area contributed by atoms with Gasteiger partial charge in [0, 0.05) is 11.4 Å². The number of amides is 1. The highest BCUT2D eigenvalue weighted by Crippen LogP contribution is 2.19. The maximum Gasteiger partial charge on any atom is 0.261 e. The molecule has 0 aliphatic rings. The summed E-state index contributed by atoms with van der Waals surface area (Å²) in [6.45, 7) is 2.20. The van der Waals surface area contributed by atoms with Crippen LogP contribution in [0.1, 0.15) is 12.5 Å². The van der Waals surface area contributed by atoms with E-state index < -0.39 is 6.10 Å². The maximum atomic E-state index is 12.1. The van der Waals surface area contributed by atoms with Gasteiger partial charge in [-0.2, -0.15) is 0 Å². The van der Waals surface area contributed by atoms with E-state index in [1.165, 1.54) is 0 Å². The predicted molar refractivity (Wildman–Crippen MR) is 93.2 cm³/mol. The van der Waals surface area contributed by atoms with E-state index in [1.807, 2.05) is 54.8 Å². The summed E-state index contributed by atoms with van der Waals surface area (Å²) in [5.74, 6) is 1.34. The first-order valence-electron chi connectivity index (χ1n) is 7.33. The zero-order valence-electron chi connectivity index (χ0n) is 13.5. The number of hydrogen-bond donors (Lipinski definition) is 1. The molecule has 0 fully saturated rings. The summed E-state index contributed by atoms with van der Waals surface area (Å²) in [5.41, 5.74) is 1.01. The Bertz CT molecular complexity index is 626. The Labute approximate surface area is 141 Å². The third-order valence-corrected chi connectivity index (χ3v) is 4.11. The van der Waals surface area contributed by atoms with Gasteiger partial charge in [0.15, 0.2) is 6.10 Å². The van der Waals surface area contributed by atoms with Crippen molar-refractivity contribution in [2.75, 3.05) is 13.4 Å². The first kappa shape index (κ1) is 17.2. The Hall–Kier alpha value is -2.14. The van der Waals surface area contributed by atoms with Crippen molar-refractivity contribution in [3.05, 3.63) is 54.1 Å². The van der Waals surface area contributed by atoms with Crippen molar-refractivity contribution in [3.8, 4) is 11.5 Å². The number of carbonyl (C=O) groups excluding carboxylic acids is 1. The number of hydrogen-bond acceptors (Lipinski definition) is 4. The Kier molecular flexibility index (Phi) is 6.35. The number of ether oxygens (including phenoxy) is 2. The minimum atomic E-state index is -0.548. The summed E-state index contributed by atoms with van der Waals surface area (Å²) in [6.07, 6.45) is 1.47. The second kappa shape index (κ2) is 8.48. The van der Waals surface area contributed by atoms with Crippen molar-refractivity contribution in [2.24, 2.45) is 0 Å². The topological polar surface area (TPSA) is 47.6 Å². The molecule has 0 heterocycles. The second-order valence-corrected chi connectivity index (χ2v) is 5.88. The van der Waals surface area contributed by atoms with Gasteiger partial charge < -0.3 is 14.8 Å². The summed E-state index contributed by atoms with van der Waals surface area (Å²) >= 11 is 1.67. The Morgan fingerprint density at radius 2 is 1.70 bits per heavy atom. The molecule has 1 unspecified atom stereocenters. The van der Waals surface area contributed by atoms with Crippen LogP contribution < -0.4 is 14.8 Å². The van der Waals surface area contributed by atoms with Crippen molar-refractivity contribution in [3.63, 3.8) is 0 Å². The molecule has 5 heteroatoms. The molecule has 2 aromatic rings. The average molecular weight is 331 g/mol. The highest BCUT2D eigenvalue weighted by molar-refractivity contribution is 7.98. The molecular formula is C18H21NO3S. The molecule has 0 saturated heterocycles. The van der Waals surface area contributed by atoms with E-state index in [4.69, 9.17) is 9.47 Å². The summed E-state index contributed by atoms with van der Waals surface area (Å²) < 4.78 is 10.8. The van der Waals surface area contributed by atoms with Gasteiger partial charge in [0.2, 0.25) is 0 Å². The molecule has 4 nitrogen and oxygen atoms in total. The third-order valence-electron chi connectivity index (χ3n) is 3.37. The number of benzene rings is 2. The number of methoxy groups -OCH3 is 1. The van der Waals surface area contributed by atoms with Crippen LogP contribution in [0.2, 0.25) is 0 Å². The molecule has 0 radical (unpaired) electrons. The maximum absolute atomic E-state index is 12.1. The summed E-state index contributed by atoms with van der Waals surface area (Å²) in [7, 11) is 1.63. The van der Waals surface area contributed by atoms with Gasteiger partial charge in [-0.05, 0) is 55.1 Å². The van der Waals surface area contributed by atoms with Crippen LogP contribution in [0.3, 0.4) is 0 Å². The van der Waals surface area contributed by atoms with Crippen LogP contribution in [0.15, 0.2) is 53.4 Å².